The molecule has 1 heterocycles. The molecule has 2 aromatic rings. The van der Waals surface area contributed by atoms with Gasteiger partial charge in [0.05, 0.1) is 13.1 Å². The third kappa shape index (κ3) is 5.91. The number of carbonyl (C=O) groups excluding carboxylic acids is 1. The molecule has 2 rings (SSSR count). The lowest BCUT2D eigenvalue weighted by molar-refractivity contribution is -0.131. The van der Waals surface area contributed by atoms with E-state index in [1.807, 2.05) is 42.2 Å². The van der Waals surface area contributed by atoms with Crippen LogP contribution in [0.3, 0.4) is 0 Å². The highest BCUT2D eigenvalue weighted by Crippen LogP contribution is 2.11. The molecule has 124 valence electrons. The topological polar surface area (TPSA) is 45.5 Å². The van der Waals surface area contributed by atoms with Gasteiger partial charge >= 0.3 is 0 Å². The Morgan fingerprint density at radius 3 is 2.61 bits per heavy atom. The summed E-state index contributed by atoms with van der Waals surface area (Å²) in [4.78, 5) is 14.3. The van der Waals surface area contributed by atoms with Gasteiger partial charge in [0.1, 0.15) is 11.5 Å². The quantitative estimate of drug-likeness (QED) is 0.723. The van der Waals surface area contributed by atoms with Crippen LogP contribution in [0.25, 0.3) is 0 Å². The molecule has 0 fully saturated rings. The zero-order valence-corrected chi connectivity index (χ0v) is 14.0. The lowest BCUT2D eigenvalue weighted by atomic mass is 10.1. The molecule has 0 aliphatic heterocycles. The number of aryl methyl sites for hydroxylation is 1. The van der Waals surface area contributed by atoms with Gasteiger partial charge in [0, 0.05) is 6.54 Å². The Labute approximate surface area is 138 Å². The normalized spacial score (nSPS) is 10.7. The lowest BCUT2D eigenvalue weighted by Gasteiger charge is -2.22. The van der Waals surface area contributed by atoms with Gasteiger partial charge in [-0.1, -0.05) is 37.3 Å². The summed E-state index contributed by atoms with van der Waals surface area (Å²) in [5.41, 5.74) is 1.24. The maximum atomic E-state index is 12.5. The molecule has 4 heteroatoms. The number of nitrogens with one attached hydrogen (secondary N) is 1. The molecule has 0 saturated carbocycles. The SMILES string of the molecule is CCCNCC(=O)N(CCc1ccccc1)Cc1ccc(C)o1. The van der Waals surface area contributed by atoms with Crippen molar-refractivity contribution in [2.75, 3.05) is 19.6 Å². The van der Waals surface area contributed by atoms with Crippen LogP contribution in [0.2, 0.25) is 0 Å². The minimum absolute atomic E-state index is 0.114. The first-order valence-electron chi connectivity index (χ1n) is 8.26. The van der Waals surface area contributed by atoms with Crippen molar-refractivity contribution in [2.24, 2.45) is 0 Å². The van der Waals surface area contributed by atoms with Crippen LogP contribution in [-0.4, -0.2) is 30.4 Å². The van der Waals surface area contributed by atoms with E-state index in [-0.39, 0.29) is 5.91 Å². The molecule has 0 aliphatic carbocycles. The molecular formula is C19H26N2O2. The van der Waals surface area contributed by atoms with Crippen LogP contribution in [0.4, 0.5) is 0 Å². The van der Waals surface area contributed by atoms with Crippen molar-refractivity contribution >= 4 is 5.91 Å². The highest BCUT2D eigenvalue weighted by molar-refractivity contribution is 5.78. The molecule has 0 saturated heterocycles. The van der Waals surface area contributed by atoms with Gasteiger partial charge in [-0.05, 0) is 44.0 Å². The van der Waals surface area contributed by atoms with Crippen molar-refractivity contribution in [3.05, 3.63) is 59.5 Å². The Morgan fingerprint density at radius 2 is 1.96 bits per heavy atom. The Kier molecular flexibility index (Phi) is 6.88. The average molecular weight is 314 g/mol. The summed E-state index contributed by atoms with van der Waals surface area (Å²) in [7, 11) is 0. The van der Waals surface area contributed by atoms with Crippen LogP contribution >= 0.6 is 0 Å². The highest BCUT2D eigenvalue weighted by Gasteiger charge is 2.15. The van der Waals surface area contributed by atoms with Gasteiger partial charge in [-0.15, -0.1) is 0 Å². The van der Waals surface area contributed by atoms with Crippen LogP contribution in [0.5, 0.6) is 0 Å². The molecule has 0 radical (unpaired) electrons. The Balaban J connectivity index is 1.96. The van der Waals surface area contributed by atoms with Gasteiger partial charge in [0.15, 0.2) is 0 Å². The zero-order valence-electron chi connectivity index (χ0n) is 14.0. The van der Waals surface area contributed by atoms with Gasteiger partial charge in [0.25, 0.3) is 0 Å². The first-order valence-corrected chi connectivity index (χ1v) is 8.26. The highest BCUT2D eigenvalue weighted by atomic mass is 16.3. The molecule has 0 spiro atoms. The van der Waals surface area contributed by atoms with E-state index in [1.54, 1.807) is 0 Å². The zero-order chi connectivity index (χ0) is 16.5. The molecule has 4 nitrogen and oxygen atoms in total. The van der Waals surface area contributed by atoms with Gasteiger partial charge in [0.2, 0.25) is 5.91 Å². The minimum Gasteiger partial charge on any atom is -0.464 e. The largest absolute Gasteiger partial charge is 0.464 e. The van der Waals surface area contributed by atoms with E-state index in [0.29, 0.717) is 19.6 Å². The lowest BCUT2D eigenvalue weighted by Crippen LogP contribution is -2.39. The fourth-order valence-electron chi connectivity index (χ4n) is 2.44. The predicted molar refractivity (Wildman–Crippen MR) is 92.2 cm³/mol. The second-order valence-electron chi connectivity index (χ2n) is 5.74. The van der Waals surface area contributed by atoms with Crippen molar-refractivity contribution in [3.63, 3.8) is 0 Å². The van der Waals surface area contributed by atoms with Crippen LogP contribution in [0, 0.1) is 6.92 Å². The van der Waals surface area contributed by atoms with Crippen LogP contribution in [0.15, 0.2) is 46.9 Å². The average Bonchev–Trinajstić information content (AvgIpc) is 2.97. The second-order valence-corrected chi connectivity index (χ2v) is 5.74. The van der Waals surface area contributed by atoms with Crippen molar-refractivity contribution in [2.45, 2.75) is 33.2 Å². The molecular weight excluding hydrogens is 288 g/mol. The molecule has 23 heavy (non-hydrogen) atoms. The summed E-state index contributed by atoms with van der Waals surface area (Å²) in [6.45, 7) is 6.46. The minimum atomic E-state index is 0.114. The van der Waals surface area contributed by atoms with Gasteiger partial charge in [-0.2, -0.15) is 0 Å². The van der Waals surface area contributed by atoms with Crippen molar-refractivity contribution in [1.82, 2.24) is 10.2 Å². The molecule has 1 aromatic carbocycles. The summed E-state index contributed by atoms with van der Waals surface area (Å²) >= 11 is 0. The number of carbonyl (C=O) groups is 1. The van der Waals surface area contributed by atoms with Crippen LogP contribution < -0.4 is 5.32 Å². The molecule has 1 N–H and O–H groups in total. The number of benzene rings is 1. The number of amides is 1. The van der Waals surface area contributed by atoms with Gasteiger partial charge in [-0.3, -0.25) is 4.79 Å². The standard InChI is InChI=1S/C19H26N2O2/c1-3-12-20-14-19(22)21(15-18-10-9-16(2)23-18)13-11-17-7-5-4-6-8-17/h4-10,20H,3,11-15H2,1-2H3. The fraction of sp³-hybridized carbons (Fsp3) is 0.421. The summed E-state index contributed by atoms with van der Waals surface area (Å²) in [6.07, 6.45) is 1.87. The molecule has 1 amide bonds. The third-order valence-corrected chi connectivity index (χ3v) is 3.71. The summed E-state index contributed by atoms with van der Waals surface area (Å²) in [5.74, 6) is 1.82. The Hall–Kier alpha value is -2.07. The van der Waals surface area contributed by atoms with Gasteiger partial charge < -0.3 is 14.6 Å². The van der Waals surface area contributed by atoms with Gasteiger partial charge in [-0.25, -0.2) is 0 Å². The number of hydrogen-bond donors (Lipinski definition) is 1. The Bertz CT molecular complexity index is 592. The summed E-state index contributed by atoms with van der Waals surface area (Å²) < 4.78 is 5.63. The molecule has 0 bridgehead atoms. The van der Waals surface area contributed by atoms with E-state index in [9.17, 15) is 4.79 Å². The first-order chi connectivity index (χ1) is 11.2. The van der Waals surface area contributed by atoms with E-state index in [4.69, 9.17) is 4.42 Å². The second kappa shape index (κ2) is 9.16. The van der Waals surface area contributed by atoms with Crippen molar-refractivity contribution < 1.29 is 9.21 Å². The maximum absolute atomic E-state index is 12.5. The van der Waals surface area contributed by atoms with E-state index < -0.39 is 0 Å². The molecule has 1 aromatic heterocycles. The van der Waals surface area contributed by atoms with Crippen molar-refractivity contribution in [1.29, 1.82) is 0 Å². The predicted octanol–water partition coefficient (Wildman–Crippen LogP) is 3.16. The van der Waals surface area contributed by atoms with E-state index in [1.165, 1.54) is 5.56 Å². The first kappa shape index (κ1) is 17.3. The summed E-state index contributed by atoms with van der Waals surface area (Å²) in [5, 5.41) is 3.18. The Morgan fingerprint density at radius 1 is 1.17 bits per heavy atom. The molecule has 0 aliphatic rings. The molecule has 0 atom stereocenters. The number of furan rings is 1. The van der Waals surface area contributed by atoms with Crippen molar-refractivity contribution in [3.8, 4) is 0 Å². The maximum Gasteiger partial charge on any atom is 0.236 e. The smallest absolute Gasteiger partial charge is 0.236 e. The summed E-state index contributed by atoms with van der Waals surface area (Å²) in [6, 6.07) is 14.1. The van der Waals surface area contributed by atoms with E-state index >= 15 is 0 Å². The molecule has 0 unspecified atom stereocenters. The van der Waals surface area contributed by atoms with Crippen LogP contribution in [-0.2, 0) is 17.8 Å². The van der Waals surface area contributed by atoms with E-state index in [2.05, 4.69) is 24.4 Å². The number of rotatable bonds is 9. The van der Waals surface area contributed by atoms with E-state index in [0.717, 1.165) is 30.9 Å². The number of nitrogens with zero attached hydrogens (tertiary/aromatic N) is 1. The van der Waals surface area contributed by atoms with Crippen LogP contribution in [0.1, 0.15) is 30.4 Å². The number of hydrogen-bond acceptors (Lipinski definition) is 3. The fourth-order valence-corrected chi connectivity index (χ4v) is 2.44. The third-order valence-electron chi connectivity index (χ3n) is 3.71. The monoisotopic (exact) mass is 314 g/mol.